The van der Waals surface area contributed by atoms with Crippen molar-refractivity contribution in [1.29, 1.82) is 0 Å². The maximum atomic E-state index is 15.0. The van der Waals surface area contributed by atoms with Crippen LogP contribution in [0.15, 0.2) is 54.6 Å². The maximum Gasteiger partial charge on any atom is 0.201 e. The molecule has 2 nitrogen and oxygen atoms in total. The second-order valence-electron chi connectivity index (χ2n) is 8.51. The van der Waals surface area contributed by atoms with E-state index in [4.69, 9.17) is 9.47 Å². The average molecular weight is 452 g/mol. The van der Waals surface area contributed by atoms with Crippen molar-refractivity contribution in [3.63, 3.8) is 0 Å². The van der Waals surface area contributed by atoms with Crippen molar-refractivity contribution >= 4 is 7.85 Å². The van der Waals surface area contributed by atoms with Crippen LogP contribution >= 0.6 is 0 Å². The lowest BCUT2D eigenvalue weighted by Gasteiger charge is -2.29. The predicted octanol–water partition coefficient (Wildman–Crippen LogP) is 6.47. The molecular weight excluding hydrogens is 424 g/mol. The largest absolute Gasteiger partial charge is 0.500 e. The first kappa shape index (κ1) is 23.4. The number of benzene rings is 3. The fourth-order valence-electron chi connectivity index (χ4n) is 4.49. The number of hydrogen-bond acceptors (Lipinski definition) is 2. The van der Waals surface area contributed by atoms with Crippen molar-refractivity contribution in [1.82, 2.24) is 0 Å². The van der Waals surface area contributed by atoms with E-state index in [1.165, 1.54) is 12.1 Å². The summed E-state index contributed by atoms with van der Waals surface area (Å²) in [5, 5.41) is 0. The Kier molecular flexibility index (Phi) is 7.44. The molecule has 4 rings (SSSR count). The van der Waals surface area contributed by atoms with Crippen LogP contribution in [0.5, 0.6) is 5.75 Å². The smallest absolute Gasteiger partial charge is 0.201 e. The molecule has 1 saturated heterocycles. The van der Waals surface area contributed by atoms with Crippen LogP contribution in [0.2, 0.25) is 0 Å². The van der Waals surface area contributed by atoms with Gasteiger partial charge in [-0.3, -0.25) is 0 Å². The van der Waals surface area contributed by atoms with Crippen molar-refractivity contribution in [3.05, 3.63) is 77.6 Å². The van der Waals surface area contributed by atoms with E-state index in [-0.39, 0.29) is 29.6 Å². The molecule has 0 aliphatic carbocycles. The van der Waals surface area contributed by atoms with Crippen LogP contribution in [0.25, 0.3) is 22.3 Å². The minimum Gasteiger partial charge on any atom is -0.500 e. The zero-order valence-corrected chi connectivity index (χ0v) is 19.0. The van der Waals surface area contributed by atoms with Gasteiger partial charge in [0.25, 0.3) is 0 Å². The molecule has 1 aliphatic rings. The number of hydrogen-bond donors (Lipinski definition) is 0. The summed E-state index contributed by atoms with van der Waals surface area (Å²) in [5.74, 6) is -2.16. The van der Waals surface area contributed by atoms with Gasteiger partial charge in [-0.15, -0.1) is 0 Å². The summed E-state index contributed by atoms with van der Waals surface area (Å²) in [7, 11) is 1.71. The summed E-state index contributed by atoms with van der Waals surface area (Å²) in [6, 6.07) is 15.0. The van der Waals surface area contributed by atoms with E-state index in [2.05, 4.69) is 6.92 Å². The first-order valence-corrected chi connectivity index (χ1v) is 11.6. The molecule has 1 heterocycles. The Morgan fingerprint density at radius 2 is 1.61 bits per heavy atom. The molecule has 2 unspecified atom stereocenters. The molecule has 3 aromatic carbocycles. The summed E-state index contributed by atoms with van der Waals surface area (Å²) >= 11 is 0. The van der Waals surface area contributed by atoms with E-state index >= 15 is 0 Å². The Hall–Kier alpha value is -2.73. The molecule has 172 valence electrons. The molecule has 33 heavy (non-hydrogen) atoms. The molecule has 0 spiro atoms. The Labute approximate surface area is 194 Å². The highest BCUT2D eigenvalue weighted by molar-refractivity contribution is 6.08. The summed E-state index contributed by atoms with van der Waals surface area (Å²) in [6.45, 7) is 3.03. The van der Waals surface area contributed by atoms with Gasteiger partial charge in [-0.2, -0.15) is 4.39 Å². The van der Waals surface area contributed by atoms with Crippen LogP contribution in [0.1, 0.15) is 44.1 Å². The van der Waals surface area contributed by atoms with Gasteiger partial charge in [-0.1, -0.05) is 49.7 Å². The van der Waals surface area contributed by atoms with Crippen LogP contribution in [-0.2, 0) is 4.74 Å². The van der Waals surface area contributed by atoms with Crippen molar-refractivity contribution in [2.24, 2.45) is 0 Å². The highest BCUT2D eigenvalue weighted by atomic mass is 19.2. The van der Waals surface area contributed by atoms with E-state index in [0.717, 1.165) is 31.2 Å². The van der Waals surface area contributed by atoms with E-state index in [0.29, 0.717) is 29.4 Å². The van der Waals surface area contributed by atoms with Crippen LogP contribution in [-0.4, -0.2) is 27.1 Å². The fraction of sp³-hybridized carbons (Fsp3) is 0.333. The average Bonchev–Trinajstić information content (AvgIpc) is 2.83. The first-order valence-electron chi connectivity index (χ1n) is 11.6. The highest BCUT2D eigenvalue weighted by Gasteiger charge is 2.23. The van der Waals surface area contributed by atoms with E-state index in [9.17, 15) is 13.2 Å². The molecule has 2 atom stereocenters. The minimum absolute atomic E-state index is 0.109. The van der Waals surface area contributed by atoms with Gasteiger partial charge in [0.05, 0.1) is 19.2 Å². The zero-order chi connectivity index (χ0) is 23.4. The number of ether oxygens (including phenoxy) is 2. The molecule has 3 aromatic rings. The second kappa shape index (κ2) is 10.5. The second-order valence-corrected chi connectivity index (χ2v) is 8.51. The molecule has 0 radical (unpaired) electrons. The summed E-state index contributed by atoms with van der Waals surface area (Å²) in [6.07, 6.45) is 4.51. The molecule has 0 aromatic heterocycles. The summed E-state index contributed by atoms with van der Waals surface area (Å²) < 4.78 is 54.8. The van der Waals surface area contributed by atoms with E-state index < -0.39 is 11.6 Å². The molecule has 0 N–H and O–H groups in total. The normalized spacial score (nSPS) is 18.3. The summed E-state index contributed by atoms with van der Waals surface area (Å²) in [5.41, 5.74) is 2.75. The lowest BCUT2D eigenvalue weighted by atomic mass is 9.89. The monoisotopic (exact) mass is 452 g/mol. The number of halogens is 3. The van der Waals surface area contributed by atoms with Crippen molar-refractivity contribution in [3.8, 4) is 28.0 Å². The predicted molar refractivity (Wildman–Crippen MR) is 128 cm³/mol. The molecular formula is C27H28BF3O2. The molecule has 0 saturated carbocycles. The molecule has 1 aliphatic heterocycles. The quantitative estimate of drug-likeness (QED) is 0.383. The third-order valence-electron chi connectivity index (χ3n) is 6.30. The fourth-order valence-corrected chi connectivity index (χ4v) is 4.49. The van der Waals surface area contributed by atoms with Gasteiger partial charge >= 0.3 is 0 Å². The topological polar surface area (TPSA) is 18.5 Å². The van der Waals surface area contributed by atoms with Gasteiger partial charge in [0.2, 0.25) is 5.82 Å². The Bertz CT molecular complexity index is 1090. The van der Waals surface area contributed by atoms with Crippen molar-refractivity contribution in [2.75, 3.05) is 13.1 Å². The van der Waals surface area contributed by atoms with Crippen LogP contribution in [0, 0.1) is 17.5 Å². The van der Waals surface area contributed by atoms with Crippen molar-refractivity contribution < 1.29 is 22.6 Å². The Morgan fingerprint density at radius 1 is 0.909 bits per heavy atom. The minimum atomic E-state index is -1.01. The SMILES string of the molecule is BCOc1ccc(-c2ccc(-c3ccc(C4CCC(CCC)OC4)cc3F)cc2)c(F)c1F. The zero-order valence-electron chi connectivity index (χ0n) is 19.0. The lowest BCUT2D eigenvalue weighted by molar-refractivity contribution is -0.00115. The lowest BCUT2D eigenvalue weighted by Crippen LogP contribution is -2.24. The third-order valence-corrected chi connectivity index (χ3v) is 6.30. The molecule has 0 bridgehead atoms. The molecule has 1 fully saturated rings. The number of rotatable bonds is 7. The van der Waals surface area contributed by atoms with Crippen LogP contribution < -0.4 is 4.74 Å². The van der Waals surface area contributed by atoms with Crippen LogP contribution in [0.4, 0.5) is 13.2 Å². The maximum absolute atomic E-state index is 15.0. The van der Waals surface area contributed by atoms with Gasteiger partial charge in [0.15, 0.2) is 19.4 Å². The van der Waals surface area contributed by atoms with Gasteiger partial charge in [0, 0.05) is 17.0 Å². The van der Waals surface area contributed by atoms with Crippen LogP contribution in [0.3, 0.4) is 0 Å². The molecule has 6 heteroatoms. The van der Waals surface area contributed by atoms with Crippen molar-refractivity contribution in [2.45, 2.75) is 44.6 Å². The van der Waals surface area contributed by atoms with E-state index in [1.807, 2.05) is 6.07 Å². The van der Waals surface area contributed by atoms with Gasteiger partial charge in [-0.25, -0.2) is 8.78 Å². The third kappa shape index (κ3) is 5.11. The molecule has 0 amide bonds. The Morgan fingerprint density at radius 3 is 2.21 bits per heavy atom. The highest BCUT2D eigenvalue weighted by Crippen LogP contribution is 2.34. The first-order chi connectivity index (χ1) is 16.0. The van der Waals surface area contributed by atoms with Gasteiger partial charge in [0.1, 0.15) is 5.82 Å². The summed E-state index contributed by atoms with van der Waals surface area (Å²) in [4.78, 5) is 0. The van der Waals surface area contributed by atoms with Gasteiger partial charge < -0.3 is 9.47 Å². The Balaban J connectivity index is 1.51. The van der Waals surface area contributed by atoms with Gasteiger partial charge in [-0.05, 0) is 54.2 Å². The van der Waals surface area contributed by atoms with E-state index in [1.54, 1.807) is 44.2 Å². The standard InChI is InChI=1S/C27H28BF3O2/c1-2-3-21-10-8-20(15-32-21)19-9-11-22(24(29)14-19)17-4-6-18(7-5-17)23-12-13-25(33-16-28)27(31)26(23)30/h4-7,9,11-14,20-21H,2-3,8,10,15-16,28H2,1H3.